The average molecular weight is 286 g/mol. The van der Waals surface area contributed by atoms with Crippen molar-refractivity contribution in [2.75, 3.05) is 11.9 Å². The summed E-state index contributed by atoms with van der Waals surface area (Å²) >= 11 is 3.36. The van der Waals surface area contributed by atoms with Gasteiger partial charge in [-0.3, -0.25) is 4.79 Å². The minimum Gasteiger partial charge on any atom is -0.370 e. The Kier molecular flexibility index (Phi) is 5.25. The Balaban J connectivity index is 2.29. The third-order valence-electron chi connectivity index (χ3n) is 2.19. The molecule has 1 rings (SSSR count). The van der Waals surface area contributed by atoms with Crippen molar-refractivity contribution in [3.05, 3.63) is 22.3 Å². The number of rotatable bonds is 6. The highest BCUT2D eigenvalue weighted by Crippen LogP contribution is 2.16. The van der Waals surface area contributed by atoms with E-state index >= 15 is 0 Å². The Morgan fingerprint density at radius 3 is 2.94 bits per heavy atom. The van der Waals surface area contributed by atoms with Gasteiger partial charge in [-0.2, -0.15) is 0 Å². The van der Waals surface area contributed by atoms with Gasteiger partial charge >= 0.3 is 0 Å². The molecular formula is C11H16BrN3O. The van der Waals surface area contributed by atoms with Gasteiger partial charge in [0.15, 0.2) is 0 Å². The molecule has 0 atom stereocenters. The molecule has 4 nitrogen and oxygen atoms in total. The monoisotopic (exact) mass is 285 g/mol. The minimum absolute atomic E-state index is 0.238. The molecule has 1 aromatic heterocycles. The summed E-state index contributed by atoms with van der Waals surface area (Å²) in [5.41, 5.74) is 6.15. The maximum Gasteiger partial charge on any atom is 0.217 e. The first kappa shape index (κ1) is 13.0. The van der Waals surface area contributed by atoms with Crippen LogP contribution < -0.4 is 11.1 Å². The van der Waals surface area contributed by atoms with Crippen molar-refractivity contribution in [1.29, 1.82) is 0 Å². The maximum absolute atomic E-state index is 10.5. The molecule has 5 heteroatoms. The molecule has 0 fully saturated rings. The van der Waals surface area contributed by atoms with Gasteiger partial charge < -0.3 is 11.1 Å². The number of nitrogens with two attached hydrogens (primary N) is 1. The first-order chi connectivity index (χ1) is 7.59. The molecule has 0 radical (unpaired) electrons. The van der Waals surface area contributed by atoms with Crippen LogP contribution in [0.1, 0.15) is 24.8 Å². The first-order valence-corrected chi connectivity index (χ1v) is 6.03. The van der Waals surface area contributed by atoms with E-state index in [1.54, 1.807) is 6.20 Å². The number of amides is 1. The summed E-state index contributed by atoms with van der Waals surface area (Å²) in [4.78, 5) is 14.8. The van der Waals surface area contributed by atoms with Crippen LogP contribution >= 0.6 is 15.9 Å². The Morgan fingerprint density at radius 1 is 1.56 bits per heavy atom. The normalized spacial score (nSPS) is 10.1. The number of aryl methyl sites for hydroxylation is 1. The summed E-state index contributed by atoms with van der Waals surface area (Å²) in [5, 5.41) is 3.23. The van der Waals surface area contributed by atoms with Crippen LogP contribution in [0.3, 0.4) is 0 Å². The van der Waals surface area contributed by atoms with Crippen molar-refractivity contribution in [3.63, 3.8) is 0 Å². The molecule has 0 unspecified atom stereocenters. The molecule has 0 bridgehead atoms. The second-order valence-corrected chi connectivity index (χ2v) is 4.58. The lowest BCUT2D eigenvalue weighted by atomic mass is 10.2. The highest BCUT2D eigenvalue weighted by atomic mass is 79.9. The minimum atomic E-state index is -0.238. The molecule has 3 N–H and O–H groups in total. The molecule has 88 valence electrons. The SMILES string of the molecule is Cc1cc(Br)cnc1NCCCCC(N)=O. The maximum atomic E-state index is 10.5. The van der Waals surface area contributed by atoms with E-state index in [0.29, 0.717) is 6.42 Å². The van der Waals surface area contributed by atoms with Crippen molar-refractivity contribution in [2.45, 2.75) is 26.2 Å². The van der Waals surface area contributed by atoms with Crippen molar-refractivity contribution >= 4 is 27.7 Å². The van der Waals surface area contributed by atoms with Gasteiger partial charge in [0, 0.05) is 23.6 Å². The number of carbonyl (C=O) groups is 1. The molecule has 0 aliphatic rings. The van der Waals surface area contributed by atoms with E-state index in [9.17, 15) is 4.79 Å². The average Bonchev–Trinajstić information content (AvgIpc) is 2.20. The van der Waals surface area contributed by atoms with Gasteiger partial charge in [0.1, 0.15) is 5.82 Å². The lowest BCUT2D eigenvalue weighted by Crippen LogP contribution is -2.11. The van der Waals surface area contributed by atoms with E-state index < -0.39 is 0 Å². The number of carbonyl (C=O) groups excluding carboxylic acids is 1. The number of pyridine rings is 1. The smallest absolute Gasteiger partial charge is 0.217 e. The summed E-state index contributed by atoms with van der Waals surface area (Å²) in [6.45, 7) is 2.81. The second kappa shape index (κ2) is 6.48. The standard InChI is InChI=1S/C11H16BrN3O/c1-8-6-9(12)7-15-11(8)14-5-3-2-4-10(13)16/h6-7H,2-5H2,1H3,(H2,13,16)(H,14,15). The molecule has 16 heavy (non-hydrogen) atoms. The number of nitrogens with one attached hydrogen (secondary N) is 1. The molecule has 1 amide bonds. The Labute approximate surface area is 104 Å². The predicted octanol–water partition coefficient (Wildman–Crippen LogP) is 2.22. The van der Waals surface area contributed by atoms with E-state index in [-0.39, 0.29) is 5.91 Å². The molecule has 0 saturated heterocycles. The fraction of sp³-hybridized carbons (Fsp3) is 0.455. The lowest BCUT2D eigenvalue weighted by molar-refractivity contribution is -0.118. The lowest BCUT2D eigenvalue weighted by Gasteiger charge is -2.08. The number of aromatic nitrogens is 1. The summed E-state index contributed by atoms with van der Waals surface area (Å²) in [5.74, 6) is 0.653. The van der Waals surface area contributed by atoms with Crippen molar-refractivity contribution < 1.29 is 4.79 Å². The molecular weight excluding hydrogens is 270 g/mol. The zero-order valence-electron chi connectivity index (χ0n) is 9.29. The summed E-state index contributed by atoms with van der Waals surface area (Å²) in [6, 6.07) is 2.01. The Hall–Kier alpha value is -1.10. The third kappa shape index (κ3) is 4.61. The highest BCUT2D eigenvalue weighted by molar-refractivity contribution is 9.10. The fourth-order valence-corrected chi connectivity index (χ4v) is 1.80. The Morgan fingerprint density at radius 2 is 2.31 bits per heavy atom. The number of nitrogens with zero attached hydrogens (tertiary/aromatic N) is 1. The summed E-state index contributed by atoms with van der Waals surface area (Å²) in [7, 11) is 0. The van der Waals surface area contributed by atoms with Gasteiger partial charge in [0.2, 0.25) is 5.91 Å². The predicted molar refractivity (Wildman–Crippen MR) is 68.2 cm³/mol. The van der Waals surface area contributed by atoms with Crippen LogP contribution in [0.25, 0.3) is 0 Å². The van der Waals surface area contributed by atoms with Crippen LogP contribution in [0.5, 0.6) is 0 Å². The van der Waals surface area contributed by atoms with Gasteiger partial charge in [-0.25, -0.2) is 4.98 Å². The number of hydrogen-bond donors (Lipinski definition) is 2. The summed E-state index contributed by atoms with van der Waals surface area (Å²) in [6.07, 6.45) is 3.95. The zero-order valence-corrected chi connectivity index (χ0v) is 10.9. The van der Waals surface area contributed by atoms with Crippen LogP contribution in [-0.2, 0) is 4.79 Å². The van der Waals surface area contributed by atoms with Crippen LogP contribution in [0, 0.1) is 6.92 Å². The van der Waals surface area contributed by atoms with Gasteiger partial charge in [-0.05, 0) is 47.3 Å². The molecule has 0 aromatic carbocycles. The van der Waals surface area contributed by atoms with Crippen LogP contribution in [0.15, 0.2) is 16.7 Å². The third-order valence-corrected chi connectivity index (χ3v) is 2.62. The molecule has 1 heterocycles. The van der Waals surface area contributed by atoms with E-state index in [0.717, 1.165) is 35.2 Å². The highest BCUT2D eigenvalue weighted by Gasteiger charge is 2.00. The number of primary amides is 1. The second-order valence-electron chi connectivity index (χ2n) is 3.67. The van der Waals surface area contributed by atoms with Crippen molar-refractivity contribution in [2.24, 2.45) is 5.73 Å². The van der Waals surface area contributed by atoms with Gasteiger partial charge in [-0.15, -0.1) is 0 Å². The van der Waals surface area contributed by atoms with Gasteiger partial charge in [0.25, 0.3) is 0 Å². The Bertz CT molecular complexity index is 368. The molecule has 0 spiro atoms. The number of anilines is 1. The molecule has 0 aliphatic carbocycles. The topological polar surface area (TPSA) is 68.0 Å². The van der Waals surface area contributed by atoms with Crippen molar-refractivity contribution in [1.82, 2.24) is 4.98 Å². The summed E-state index contributed by atoms with van der Waals surface area (Å²) < 4.78 is 0.976. The van der Waals surface area contributed by atoms with Crippen LogP contribution in [-0.4, -0.2) is 17.4 Å². The fourth-order valence-electron chi connectivity index (χ4n) is 1.36. The van der Waals surface area contributed by atoms with Crippen LogP contribution in [0.4, 0.5) is 5.82 Å². The van der Waals surface area contributed by atoms with E-state index in [1.807, 2.05) is 13.0 Å². The molecule has 1 aromatic rings. The molecule has 0 aliphatic heterocycles. The first-order valence-electron chi connectivity index (χ1n) is 5.24. The van der Waals surface area contributed by atoms with E-state index in [2.05, 4.69) is 26.2 Å². The zero-order chi connectivity index (χ0) is 12.0. The number of halogens is 1. The number of hydrogen-bond acceptors (Lipinski definition) is 3. The quantitative estimate of drug-likeness (QED) is 0.788. The molecule has 0 saturated carbocycles. The largest absolute Gasteiger partial charge is 0.370 e. The number of unbranched alkanes of at least 4 members (excludes halogenated alkanes) is 1. The van der Waals surface area contributed by atoms with Crippen LogP contribution in [0.2, 0.25) is 0 Å². The van der Waals surface area contributed by atoms with Gasteiger partial charge in [0.05, 0.1) is 0 Å². The van der Waals surface area contributed by atoms with E-state index in [4.69, 9.17) is 5.73 Å². The van der Waals surface area contributed by atoms with Crippen molar-refractivity contribution in [3.8, 4) is 0 Å². The van der Waals surface area contributed by atoms with Gasteiger partial charge in [-0.1, -0.05) is 0 Å². The van der Waals surface area contributed by atoms with E-state index in [1.165, 1.54) is 0 Å².